The van der Waals surface area contributed by atoms with Gasteiger partial charge in [0.05, 0.1) is 7.11 Å². The molecule has 0 radical (unpaired) electrons. The highest BCUT2D eigenvalue weighted by Crippen LogP contribution is 2.26. The van der Waals surface area contributed by atoms with Crippen LogP contribution in [0.2, 0.25) is 0 Å². The van der Waals surface area contributed by atoms with Crippen LogP contribution in [0, 0.1) is 0 Å². The minimum atomic E-state index is -3.80. The average Bonchev–Trinajstić information content (AvgIpc) is 2.45. The Morgan fingerprint density at radius 3 is 2.22 bits per heavy atom. The number of nitrogens with zero attached hydrogens (tertiary/aromatic N) is 1. The van der Waals surface area contributed by atoms with E-state index in [2.05, 4.69) is 4.72 Å². The number of carbonyl (C=O) groups is 1. The molecule has 0 unspecified atom stereocenters. The molecule has 1 N–H and O–H groups in total. The van der Waals surface area contributed by atoms with Gasteiger partial charge in [0.25, 0.3) is 5.91 Å². The highest BCUT2D eigenvalue weighted by Gasteiger charge is 2.27. The molecule has 1 aromatic rings. The summed E-state index contributed by atoms with van der Waals surface area (Å²) in [5.41, 5.74) is -0.313. The summed E-state index contributed by atoms with van der Waals surface area (Å²) in [6, 6.07) is 4.46. The number of nitrogens with one attached hydrogen (secondary N) is 1. The number of sulfonamides is 1. The Morgan fingerprint density at radius 1 is 1.22 bits per heavy atom. The number of hydrogen-bond acceptors (Lipinski definition) is 4. The van der Waals surface area contributed by atoms with Gasteiger partial charge >= 0.3 is 0 Å². The second-order valence-corrected chi connectivity index (χ2v) is 7.85. The third-order valence-corrected chi connectivity index (χ3v) is 4.97. The molecule has 130 valence electrons. The molecule has 1 aromatic carbocycles. The SMILES string of the molecule is CCN(CC)C(=O)c1ccc(OC)c(S(=O)(=O)NC(C)(C)C)c1. The maximum atomic E-state index is 12.6. The van der Waals surface area contributed by atoms with E-state index in [9.17, 15) is 13.2 Å². The van der Waals surface area contributed by atoms with E-state index in [0.717, 1.165) is 0 Å². The number of ether oxygens (including phenoxy) is 1. The highest BCUT2D eigenvalue weighted by atomic mass is 32.2. The van der Waals surface area contributed by atoms with Crippen molar-refractivity contribution in [1.29, 1.82) is 0 Å². The summed E-state index contributed by atoms with van der Waals surface area (Å²) in [7, 11) is -2.40. The fraction of sp³-hybridized carbons (Fsp3) is 0.562. The van der Waals surface area contributed by atoms with E-state index in [4.69, 9.17) is 4.74 Å². The second kappa shape index (κ2) is 7.31. The molecule has 0 fully saturated rings. The molecule has 7 heteroatoms. The first-order chi connectivity index (χ1) is 10.6. The van der Waals surface area contributed by atoms with Gasteiger partial charge < -0.3 is 9.64 Å². The monoisotopic (exact) mass is 342 g/mol. The van der Waals surface area contributed by atoms with Crippen molar-refractivity contribution in [2.75, 3.05) is 20.2 Å². The van der Waals surface area contributed by atoms with Crippen molar-refractivity contribution in [2.45, 2.75) is 45.1 Å². The first kappa shape index (κ1) is 19.4. The summed E-state index contributed by atoms with van der Waals surface area (Å²) >= 11 is 0. The second-order valence-electron chi connectivity index (χ2n) is 6.20. The molecule has 0 bridgehead atoms. The number of hydrogen-bond donors (Lipinski definition) is 1. The molecule has 0 aliphatic carbocycles. The average molecular weight is 342 g/mol. The lowest BCUT2D eigenvalue weighted by molar-refractivity contribution is 0.0772. The normalized spacial score (nSPS) is 12.1. The molecule has 0 aromatic heterocycles. The fourth-order valence-corrected chi connectivity index (χ4v) is 3.79. The van der Waals surface area contributed by atoms with Crippen molar-refractivity contribution in [2.24, 2.45) is 0 Å². The van der Waals surface area contributed by atoms with Gasteiger partial charge in [-0.05, 0) is 52.8 Å². The van der Waals surface area contributed by atoms with E-state index in [1.807, 2.05) is 13.8 Å². The first-order valence-corrected chi connectivity index (χ1v) is 9.05. The van der Waals surface area contributed by atoms with Crippen molar-refractivity contribution in [3.63, 3.8) is 0 Å². The van der Waals surface area contributed by atoms with Gasteiger partial charge in [-0.25, -0.2) is 13.1 Å². The number of methoxy groups -OCH3 is 1. The lowest BCUT2D eigenvalue weighted by atomic mass is 10.1. The number of amides is 1. The van der Waals surface area contributed by atoms with Crippen molar-refractivity contribution in [3.8, 4) is 5.75 Å². The van der Waals surface area contributed by atoms with Crippen molar-refractivity contribution >= 4 is 15.9 Å². The van der Waals surface area contributed by atoms with E-state index in [1.54, 1.807) is 31.7 Å². The number of carbonyl (C=O) groups excluding carboxylic acids is 1. The Bertz CT molecular complexity index is 659. The molecule has 0 spiro atoms. The van der Waals surface area contributed by atoms with Crippen LogP contribution in [0.25, 0.3) is 0 Å². The van der Waals surface area contributed by atoms with E-state index in [1.165, 1.54) is 19.2 Å². The maximum absolute atomic E-state index is 12.6. The van der Waals surface area contributed by atoms with Gasteiger partial charge in [-0.2, -0.15) is 0 Å². The molecule has 0 atom stereocenters. The van der Waals surface area contributed by atoms with Crippen LogP contribution in [0.15, 0.2) is 23.1 Å². The summed E-state index contributed by atoms with van der Waals surface area (Å²) in [5, 5.41) is 0. The Hall–Kier alpha value is -1.60. The lowest BCUT2D eigenvalue weighted by Gasteiger charge is -2.22. The minimum absolute atomic E-state index is 0.0343. The molecule has 0 aliphatic heterocycles. The van der Waals surface area contributed by atoms with Crippen LogP contribution in [0.1, 0.15) is 45.0 Å². The van der Waals surface area contributed by atoms with Gasteiger partial charge in [0, 0.05) is 24.2 Å². The smallest absolute Gasteiger partial charge is 0.253 e. The van der Waals surface area contributed by atoms with E-state index in [-0.39, 0.29) is 16.6 Å². The predicted molar refractivity (Wildman–Crippen MR) is 90.3 cm³/mol. The van der Waals surface area contributed by atoms with Crippen LogP contribution in [-0.2, 0) is 10.0 Å². The molecule has 0 saturated carbocycles. The molecular formula is C16H26N2O4S. The van der Waals surface area contributed by atoms with Crippen LogP contribution in [0.4, 0.5) is 0 Å². The Kier molecular flexibility index (Phi) is 6.18. The Labute approximate surface area is 138 Å². The molecule has 23 heavy (non-hydrogen) atoms. The molecular weight excluding hydrogens is 316 g/mol. The summed E-state index contributed by atoms with van der Waals surface area (Å²) in [6.45, 7) is 10.1. The molecule has 0 saturated heterocycles. The largest absolute Gasteiger partial charge is 0.495 e. The zero-order chi connectivity index (χ0) is 17.8. The molecule has 1 rings (SSSR count). The lowest BCUT2D eigenvalue weighted by Crippen LogP contribution is -2.40. The van der Waals surface area contributed by atoms with Gasteiger partial charge in [-0.15, -0.1) is 0 Å². The summed E-state index contributed by atoms with van der Waals surface area (Å²) in [4.78, 5) is 14.0. The predicted octanol–water partition coefficient (Wildman–Crippen LogP) is 2.25. The quantitative estimate of drug-likeness (QED) is 0.860. The Morgan fingerprint density at radius 2 is 1.78 bits per heavy atom. The van der Waals surface area contributed by atoms with Gasteiger partial charge in [0.1, 0.15) is 10.6 Å². The summed E-state index contributed by atoms with van der Waals surface area (Å²) in [6.07, 6.45) is 0. The van der Waals surface area contributed by atoms with Gasteiger partial charge in [-0.3, -0.25) is 4.79 Å². The van der Waals surface area contributed by atoms with Crippen molar-refractivity contribution in [1.82, 2.24) is 9.62 Å². The molecule has 6 nitrogen and oxygen atoms in total. The third-order valence-electron chi connectivity index (χ3n) is 3.19. The van der Waals surface area contributed by atoms with Crippen LogP contribution >= 0.6 is 0 Å². The molecule has 0 aliphatic rings. The van der Waals surface area contributed by atoms with Crippen molar-refractivity contribution in [3.05, 3.63) is 23.8 Å². The van der Waals surface area contributed by atoms with Gasteiger partial charge in [0.2, 0.25) is 10.0 Å². The van der Waals surface area contributed by atoms with Crippen molar-refractivity contribution < 1.29 is 17.9 Å². The zero-order valence-corrected chi connectivity index (χ0v) is 15.5. The summed E-state index contributed by atoms with van der Waals surface area (Å²) < 4.78 is 32.9. The van der Waals surface area contributed by atoms with E-state index in [0.29, 0.717) is 18.7 Å². The topological polar surface area (TPSA) is 75.7 Å². The zero-order valence-electron chi connectivity index (χ0n) is 14.6. The standard InChI is InChI=1S/C16H26N2O4S/c1-7-18(8-2)15(19)12-9-10-13(22-6)14(11-12)23(20,21)17-16(3,4)5/h9-11,17H,7-8H2,1-6H3. The van der Waals surface area contributed by atoms with Crippen LogP contribution < -0.4 is 9.46 Å². The maximum Gasteiger partial charge on any atom is 0.253 e. The van der Waals surface area contributed by atoms with E-state index < -0.39 is 15.6 Å². The first-order valence-electron chi connectivity index (χ1n) is 7.57. The van der Waals surface area contributed by atoms with Crippen LogP contribution in [-0.4, -0.2) is 45.0 Å². The summed E-state index contributed by atoms with van der Waals surface area (Å²) in [5.74, 6) is 0.00251. The van der Waals surface area contributed by atoms with Gasteiger partial charge in [0.15, 0.2) is 0 Å². The Balaban J connectivity index is 3.37. The van der Waals surface area contributed by atoms with Gasteiger partial charge in [-0.1, -0.05) is 0 Å². The third kappa shape index (κ3) is 4.94. The molecule has 0 heterocycles. The number of rotatable bonds is 6. The van der Waals surface area contributed by atoms with E-state index >= 15 is 0 Å². The number of benzene rings is 1. The molecule has 1 amide bonds. The highest BCUT2D eigenvalue weighted by molar-refractivity contribution is 7.89. The van der Waals surface area contributed by atoms with Crippen LogP contribution in [0.5, 0.6) is 5.75 Å². The van der Waals surface area contributed by atoms with Crippen LogP contribution in [0.3, 0.4) is 0 Å². The fourth-order valence-electron chi connectivity index (χ4n) is 2.17. The minimum Gasteiger partial charge on any atom is -0.495 e.